The number of para-hydroxylation sites is 1. The number of hydrogen-bond donors (Lipinski definition) is 0. The fourth-order valence-electron chi connectivity index (χ4n) is 1.74. The first-order valence-electron chi connectivity index (χ1n) is 6.34. The lowest BCUT2D eigenvalue weighted by Crippen LogP contribution is -2.27. The van der Waals surface area contributed by atoms with Crippen molar-refractivity contribution in [1.29, 1.82) is 5.26 Å². The number of halogens is 3. The average Bonchev–Trinajstić information content (AvgIpc) is 2.41. The van der Waals surface area contributed by atoms with Gasteiger partial charge in [-0.1, -0.05) is 18.2 Å². The van der Waals surface area contributed by atoms with Crippen molar-refractivity contribution in [3.63, 3.8) is 0 Å². The van der Waals surface area contributed by atoms with Gasteiger partial charge in [0.05, 0.1) is 12.5 Å². The van der Waals surface area contributed by atoms with E-state index in [4.69, 9.17) is 5.26 Å². The Kier molecular flexibility index (Phi) is 6.88. The molecule has 0 fully saturated rings. The molecule has 0 amide bonds. The summed E-state index contributed by atoms with van der Waals surface area (Å²) in [5.74, 6) is 0. The highest BCUT2D eigenvalue weighted by molar-refractivity contribution is 5.45. The summed E-state index contributed by atoms with van der Waals surface area (Å²) >= 11 is 0. The Morgan fingerprint density at radius 1 is 1.15 bits per heavy atom. The topological polar surface area (TPSA) is 36.3 Å². The third-order valence-corrected chi connectivity index (χ3v) is 2.60. The summed E-state index contributed by atoms with van der Waals surface area (Å²) < 4.78 is 40.3. The van der Waals surface area contributed by atoms with Crippen molar-refractivity contribution in [2.24, 2.45) is 0 Å². The van der Waals surface area contributed by atoms with E-state index in [0.717, 1.165) is 5.69 Å². The third-order valence-electron chi connectivity index (χ3n) is 2.60. The van der Waals surface area contributed by atoms with Gasteiger partial charge in [-0.2, -0.15) is 18.4 Å². The van der Waals surface area contributed by atoms with Gasteiger partial charge in [0, 0.05) is 25.4 Å². The van der Waals surface area contributed by atoms with E-state index in [0.29, 0.717) is 25.9 Å². The van der Waals surface area contributed by atoms with Crippen molar-refractivity contribution in [2.75, 3.05) is 31.2 Å². The zero-order valence-corrected chi connectivity index (χ0v) is 11.1. The Hall–Kier alpha value is -1.74. The second kappa shape index (κ2) is 8.43. The van der Waals surface area contributed by atoms with Crippen LogP contribution in [0, 0.1) is 11.3 Å². The first kappa shape index (κ1) is 16.3. The molecule has 3 nitrogen and oxygen atoms in total. The largest absolute Gasteiger partial charge is 0.411 e. The number of nitriles is 1. The Morgan fingerprint density at radius 2 is 1.85 bits per heavy atom. The summed E-state index contributed by atoms with van der Waals surface area (Å²) in [7, 11) is 0. The monoisotopic (exact) mass is 286 g/mol. The molecule has 1 aromatic carbocycles. The molecule has 0 saturated carbocycles. The van der Waals surface area contributed by atoms with Crippen molar-refractivity contribution in [2.45, 2.75) is 19.0 Å². The molecule has 6 heteroatoms. The molecule has 20 heavy (non-hydrogen) atoms. The van der Waals surface area contributed by atoms with Crippen LogP contribution in [0.25, 0.3) is 0 Å². The fraction of sp³-hybridized carbons (Fsp3) is 0.500. The zero-order valence-electron chi connectivity index (χ0n) is 11.1. The van der Waals surface area contributed by atoms with Gasteiger partial charge >= 0.3 is 6.18 Å². The number of benzene rings is 1. The van der Waals surface area contributed by atoms with Crippen LogP contribution in [-0.4, -0.2) is 32.5 Å². The van der Waals surface area contributed by atoms with Crippen LogP contribution in [-0.2, 0) is 4.74 Å². The maximum atomic E-state index is 11.9. The second-order valence-electron chi connectivity index (χ2n) is 4.25. The molecule has 0 aliphatic rings. The number of rotatable bonds is 8. The summed E-state index contributed by atoms with van der Waals surface area (Å²) in [6.45, 7) is -0.0464. The number of nitrogens with zero attached hydrogens (tertiary/aromatic N) is 2. The van der Waals surface area contributed by atoms with Gasteiger partial charge in [0.25, 0.3) is 0 Å². The molecule has 110 valence electrons. The molecule has 0 N–H and O–H groups in total. The summed E-state index contributed by atoms with van der Waals surface area (Å²) in [6.07, 6.45) is -3.42. The van der Waals surface area contributed by atoms with E-state index in [9.17, 15) is 13.2 Å². The van der Waals surface area contributed by atoms with E-state index in [1.807, 2.05) is 35.2 Å². The predicted molar refractivity (Wildman–Crippen MR) is 70.4 cm³/mol. The van der Waals surface area contributed by atoms with Crippen LogP contribution in [0.2, 0.25) is 0 Å². The summed E-state index contributed by atoms with van der Waals surface area (Å²) in [4.78, 5) is 1.97. The van der Waals surface area contributed by atoms with Crippen LogP contribution in [0.5, 0.6) is 0 Å². The minimum atomic E-state index is -4.28. The van der Waals surface area contributed by atoms with Crippen molar-refractivity contribution < 1.29 is 17.9 Å². The van der Waals surface area contributed by atoms with E-state index in [1.54, 1.807) is 0 Å². The van der Waals surface area contributed by atoms with Gasteiger partial charge in [-0.3, -0.25) is 0 Å². The standard InChI is InChI=1S/C14H17F3N2O/c15-14(16,17)12-20-11-5-10-19(9-4-8-18)13-6-2-1-3-7-13/h1-3,6-7H,4-5,9-12H2. The quantitative estimate of drug-likeness (QED) is 0.687. The molecule has 0 spiro atoms. The van der Waals surface area contributed by atoms with Crippen LogP contribution in [0.4, 0.5) is 18.9 Å². The highest BCUT2D eigenvalue weighted by Crippen LogP contribution is 2.16. The molecule has 0 bridgehead atoms. The second-order valence-corrected chi connectivity index (χ2v) is 4.25. The Bertz CT molecular complexity index is 415. The van der Waals surface area contributed by atoms with E-state index >= 15 is 0 Å². The van der Waals surface area contributed by atoms with Gasteiger partial charge in [0.2, 0.25) is 0 Å². The van der Waals surface area contributed by atoms with Crippen molar-refractivity contribution in [3.8, 4) is 6.07 Å². The van der Waals surface area contributed by atoms with Crippen molar-refractivity contribution >= 4 is 5.69 Å². The normalized spacial score (nSPS) is 11.1. The van der Waals surface area contributed by atoms with Gasteiger partial charge in [-0.15, -0.1) is 0 Å². The summed E-state index contributed by atoms with van der Waals surface area (Å²) in [5, 5.41) is 8.63. The maximum absolute atomic E-state index is 11.9. The van der Waals surface area contributed by atoms with Crippen LogP contribution in [0.15, 0.2) is 30.3 Å². The smallest absolute Gasteiger partial charge is 0.372 e. The molecule has 0 radical (unpaired) electrons. The highest BCUT2D eigenvalue weighted by atomic mass is 19.4. The molecule has 0 aromatic heterocycles. The number of anilines is 1. The lowest BCUT2D eigenvalue weighted by atomic mass is 10.2. The molecule has 0 unspecified atom stereocenters. The number of ether oxygens (including phenoxy) is 1. The van der Waals surface area contributed by atoms with Crippen LogP contribution >= 0.6 is 0 Å². The predicted octanol–water partition coefficient (Wildman–Crippen LogP) is 3.38. The first-order valence-corrected chi connectivity index (χ1v) is 6.34. The van der Waals surface area contributed by atoms with E-state index in [2.05, 4.69) is 10.8 Å². The third kappa shape index (κ3) is 7.00. The molecule has 0 aliphatic heterocycles. The van der Waals surface area contributed by atoms with Crippen LogP contribution in [0.1, 0.15) is 12.8 Å². The molecule has 0 saturated heterocycles. The van der Waals surface area contributed by atoms with Gasteiger partial charge in [0.15, 0.2) is 0 Å². The molecule has 0 heterocycles. The molecule has 1 rings (SSSR count). The maximum Gasteiger partial charge on any atom is 0.411 e. The lowest BCUT2D eigenvalue weighted by molar-refractivity contribution is -0.173. The molecule has 1 aromatic rings. The summed E-state index contributed by atoms with van der Waals surface area (Å²) in [5.41, 5.74) is 0.957. The number of hydrogen-bond acceptors (Lipinski definition) is 3. The van der Waals surface area contributed by atoms with Gasteiger partial charge < -0.3 is 9.64 Å². The van der Waals surface area contributed by atoms with Gasteiger partial charge in [0.1, 0.15) is 6.61 Å². The Balaban J connectivity index is 2.37. The average molecular weight is 286 g/mol. The van der Waals surface area contributed by atoms with Gasteiger partial charge in [-0.25, -0.2) is 0 Å². The van der Waals surface area contributed by atoms with E-state index < -0.39 is 12.8 Å². The molecule has 0 aliphatic carbocycles. The van der Waals surface area contributed by atoms with Crippen LogP contribution in [0.3, 0.4) is 0 Å². The molecule has 0 atom stereocenters. The van der Waals surface area contributed by atoms with Crippen molar-refractivity contribution in [1.82, 2.24) is 0 Å². The van der Waals surface area contributed by atoms with Crippen molar-refractivity contribution in [3.05, 3.63) is 30.3 Å². The van der Waals surface area contributed by atoms with E-state index in [1.165, 1.54) is 0 Å². The summed E-state index contributed by atoms with van der Waals surface area (Å²) in [6, 6.07) is 11.5. The Morgan fingerprint density at radius 3 is 2.45 bits per heavy atom. The number of alkyl halides is 3. The molecular formula is C14H17F3N2O. The minimum absolute atomic E-state index is 0.0510. The minimum Gasteiger partial charge on any atom is -0.372 e. The highest BCUT2D eigenvalue weighted by Gasteiger charge is 2.27. The van der Waals surface area contributed by atoms with Gasteiger partial charge in [-0.05, 0) is 18.6 Å². The molecular weight excluding hydrogens is 269 g/mol. The first-order chi connectivity index (χ1) is 9.53. The van der Waals surface area contributed by atoms with E-state index in [-0.39, 0.29) is 6.61 Å². The fourth-order valence-corrected chi connectivity index (χ4v) is 1.74. The lowest BCUT2D eigenvalue weighted by Gasteiger charge is -2.23. The van der Waals surface area contributed by atoms with Crippen LogP contribution < -0.4 is 4.90 Å². The SMILES string of the molecule is N#CCCN(CCCOCC(F)(F)F)c1ccccc1. The Labute approximate surface area is 116 Å². The zero-order chi connectivity index (χ0) is 14.8.